The molecule has 1 saturated heterocycles. The predicted molar refractivity (Wildman–Crippen MR) is 201 cm³/mol. The lowest BCUT2D eigenvalue weighted by Gasteiger charge is -2.33. The molecule has 2 aromatic heterocycles. The van der Waals surface area contributed by atoms with Gasteiger partial charge in [-0.2, -0.15) is 13.5 Å². The molecule has 2 amide bonds. The fraction of sp³-hybridized carbons (Fsp3) is 0.421. The van der Waals surface area contributed by atoms with E-state index >= 15 is 0 Å². The van der Waals surface area contributed by atoms with Crippen molar-refractivity contribution in [3.63, 3.8) is 0 Å². The molecular weight excluding hydrogens is 697 g/mol. The smallest absolute Gasteiger partial charge is 0.320 e. The lowest BCUT2D eigenvalue weighted by Crippen LogP contribution is -2.42. The van der Waals surface area contributed by atoms with Crippen LogP contribution in [0.2, 0.25) is 0 Å². The number of fused-ring (bicyclic) bond motifs is 1. The Morgan fingerprint density at radius 1 is 0.943 bits per heavy atom. The maximum absolute atomic E-state index is 13.7. The molecule has 1 aliphatic heterocycles. The predicted octanol–water partition coefficient (Wildman–Crippen LogP) is 5.85. The summed E-state index contributed by atoms with van der Waals surface area (Å²) in [7, 11) is -3.57. The van der Waals surface area contributed by atoms with E-state index in [2.05, 4.69) is 10.6 Å². The number of hydrogen-bond acceptors (Lipinski definition) is 9. The molecule has 1 fully saturated rings. The van der Waals surface area contributed by atoms with Crippen molar-refractivity contribution in [2.45, 2.75) is 70.4 Å². The summed E-state index contributed by atoms with van der Waals surface area (Å²) in [5, 5.41) is 28.2. The maximum Gasteiger partial charge on any atom is 0.320 e. The van der Waals surface area contributed by atoms with Gasteiger partial charge < -0.3 is 19.7 Å². The average molecular weight is 745 g/mol. The second-order valence-corrected chi connectivity index (χ2v) is 16.0. The molecule has 14 nitrogen and oxygen atoms in total. The Morgan fingerprint density at radius 3 is 2.43 bits per heavy atom. The van der Waals surface area contributed by atoms with E-state index in [-0.39, 0.29) is 48.3 Å². The normalized spacial score (nSPS) is 17.5. The molecular formula is C38H48N8O6S. The van der Waals surface area contributed by atoms with Crippen LogP contribution in [0.15, 0.2) is 72.9 Å². The highest BCUT2D eigenvalue weighted by atomic mass is 32.2. The Morgan fingerprint density at radius 2 is 1.70 bits per heavy atom. The fourth-order valence-electron chi connectivity index (χ4n) is 6.57. The van der Waals surface area contributed by atoms with Crippen LogP contribution in [0.4, 0.5) is 10.6 Å². The lowest BCUT2D eigenvalue weighted by molar-refractivity contribution is 0.171. The molecule has 6 rings (SSSR count). The summed E-state index contributed by atoms with van der Waals surface area (Å²) in [5.41, 5.74) is 3.26. The number of nitrogens with zero attached hydrogens (tertiary/aromatic N) is 4. The van der Waals surface area contributed by atoms with Gasteiger partial charge in [0.1, 0.15) is 42.1 Å². The number of ether oxygens (including phenoxy) is 2. The molecule has 2 aromatic carbocycles. The lowest BCUT2D eigenvalue weighted by atomic mass is 9.85. The van der Waals surface area contributed by atoms with Gasteiger partial charge in [0.05, 0.1) is 29.9 Å². The third-order valence-electron chi connectivity index (χ3n) is 9.26. The van der Waals surface area contributed by atoms with Crippen LogP contribution in [-0.4, -0.2) is 72.2 Å². The van der Waals surface area contributed by atoms with E-state index in [1.807, 2.05) is 62.1 Å². The Labute approximate surface area is 310 Å². The van der Waals surface area contributed by atoms with Crippen LogP contribution in [0.25, 0.3) is 5.69 Å². The van der Waals surface area contributed by atoms with Gasteiger partial charge in [0, 0.05) is 30.6 Å². The highest BCUT2D eigenvalue weighted by molar-refractivity contribution is 7.85. The molecule has 53 heavy (non-hydrogen) atoms. The van der Waals surface area contributed by atoms with Crippen LogP contribution < -0.4 is 25.6 Å². The summed E-state index contributed by atoms with van der Waals surface area (Å²) < 4.78 is 42.8. The number of nitrogens with one attached hydrogen (secondary N) is 4. The van der Waals surface area contributed by atoms with Gasteiger partial charge in [0.2, 0.25) is 5.96 Å². The number of likely N-dealkylation sites (tertiary alicyclic amines) is 1. The van der Waals surface area contributed by atoms with E-state index in [0.29, 0.717) is 35.8 Å². The van der Waals surface area contributed by atoms with Crippen molar-refractivity contribution in [2.24, 2.45) is 0 Å². The van der Waals surface area contributed by atoms with E-state index in [1.165, 1.54) is 0 Å². The molecule has 3 heterocycles. The SMILES string of the molecule is CC(C)(C)c1cc(NC(=O)NC2CCC(Oc3ccc(=N)n(C(=N)N4CCCCC4)c3)c3ccccc32)n(-c2cccc(OCCOS(C)(=O)=O)c2)n1. The summed E-state index contributed by atoms with van der Waals surface area (Å²) in [5.74, 6) is 1.82. The number of urea groups is 1. The minimum Gasteiger partial charge on any atom is -0.491 e. The molecule has 15 heteroatoms. The number of pyridine rings is 1. The fourth-order valence-corrected chi connectivity index (χ4v) is 6.94. The number of amides is 2. The molecule has 4 N–H and O–H groups in total. The number of rotatable bonds is 10. The van der Waals surface area contributed by atoms with Gasteiger partial charge in [0.25, 0.3) is 10.1 Å². The van der Waals surface area contributed by atoms with Crippen molar-refractivity contribution in [3.8, 4) is 17.2 Å². The second-order valence-electron chi connectivity index (χ2n) is 14.4. The number of anilines is 1. The molecule has 2 aliphatic rings. The van der Waals surface area contributed by atoms with Gasteiger partial charge in [-0.3, -0.25) is 24.9 Å². The van der Waals surface area contributed by atoms with E-state index in [0.717, 1.165) is 55.4 Å². The Hall–Kier alpha value is -5.15. The first-order chi connectivity index (χ1) is 25.2. The molecule has 1 aliphatic carbocycles. The van der Waals surface area contributed by atoms with Crippen molar-refractivity contribution in [1.29, 1.82) is 10.8 Å². The van der Waals surface area contributed by atoms with Crippen LogP contribution in [-0.2, 0) is 19.7 Å². The average Bonchev–Trinajstić information content (AvgIpc) is 3.56. The highest BCUT2D eigenvalue weighted by Gasteiger charge is 2.30. The summed E-state index contributed by atoms with van der Waals surface area (Å²) in [6, 6.07) is 19.7. The molecule has 2 atom stereocenters. The molecule has 282 valence electrons. The zero-order valence-corrected chi connectivity index (χ0v) is 31.4. The van der Waals surface area contributed by atoms with Crippen molar-refractivity contribution in [3.05, 3.63) is 95.2 Å². The second kappa shape index (κ2) is 15.8. The summed E-state index contributed by atoms with van der Waals surface area (Å²) in [6.07, 6.45) is 6.95. The third kappa shape index (κ3) is 9.45. The number of piperidine rings is 1. The quantitative estimate of drug-likeness (QED) is 0.0677. The summed E-state index contributed by atoms with van der Waals surface area (Å²) in [4.78, 5) is 15.7. The first kappa shape index (κ1) is 37.6. The van der Waals surface area contributed by atoms with Crippen LogP contribution in [0.5, 0.6) is 11.5 Å². The van der Waals surface area contributed by atoms with Crippen LogP contribution in [0.3, 0.4) is 0 Å². The maximum atomic E-state index is 13.7. The van der Waals surface area contributed by atoms with Crippen molar-refractivity contribution >= 4 is 27.9 Å². The largest absolute Gasteiger partial charge is 0.491 e. The summed E-state index contributed by atoms with van der Waals surface area (Å²) in [6.45, 7) is 7.66. The van der Waals surface area contributed by atoms with Gasteiger partial charge >= 0.3 is 6.03 Å². The third-order valence-corrected chi connectivity index (χ3v) is 9.85. The van der Waals surface area contributed by atoms with Crippen molar-refractivity contribution in [2.75, 3.05) is 37.9 Å². The van der Waals surface area contributed by atoms with E-state index in [9.17, 15) is 13.2 Å². The number of carbonyl (C=O) groups excluding carboxylic acids is 1. The molecule has 0 spiro atoms. The zero-order valence-electron chi connectivity index (χ0n) is 30.6. The van der Waals surface area contributed by atoms with Crippen molar-refractivity contribution in [1.82, 2.24) is 24.6 Å². The minimum atomic E-state index is -3.57. The van der Waals surface area contributed by atoms with Gasteiger partial charge in [-0.15, -0.1) is 0 Å². The van der Waals surface area contributed by atoms with E-state index < -0.39 is 10.1 Å². The van der Waals surface area contributed by atoms with Crippen LogP contribution in [0, 0.1) is 10.8 Å². The number of aromatic nitrogens is 3. The van der Waals surface area contributed by atoms with Crippen molar-refractivity contribution < 1.29 is 26.9 Å². The molecule has 4 aromatic rings. The van der Waals surface area contributed by atoms with Crippen LogP contribution >= 0.6 is 0 Å². The monoisotopic (exact) mass is 744 g/mol. The minimum absolute atomic E-state index is 0.0338. The standard InChI is InChI=1S/C38H48N8O6S/c1-38(2,3)33-24-35(46(43-33)26-11-10-12-27(23-26)50-21-22-51-53(4,48)49)42-37(47)41-31-16-17-32(30-14-7-6-13-29(30)31)52-28-15-18-34(39)45(25-28)36(40)44-19-8-5-9-20-44/h6-7,10-15,18,23-25,31-32,39-40H,5,8-9,16-17,19-22H2,1-4H3,(H2,41,42,47). The molecule has 0 saturated carbocycles. The number of benzene rings is 2. The number of carbonyl (C=O) groups is 1. The molecule has 0 radical (unpaired) electrons. The Balaban J connectivity index is 1.16. The van der Waals surface area contributed by atoms with Gasteiger partial charge in [-0.05, 0) is 67.5 Å². The number of hydrogen-bond donors (Lipinski definition) is 4. The van der Waals surface area contributed by atoms with Gasteiger partial charge in [-0.1, -0.05) is 51.1 Å². The van der Waals surface area contributed by atoms with E-state index in [1.54, 1.807) is 45.8 Å². The Bertz CT molecular complexity index is 2120. The molecule has 0 bridgehead atoms. The topological polar surface area (TPSA) is 177 Å². The molecule has 2 unspecified atom stereocenters. The zero-order chi connectivity index (χ0) is 37.8. The van der Waals surface area contributed by atoms with Crippen LogP contribution in [0.1, 0.15) is 81.8 Å². The highest BCUT2D eigenvalue weighted by Crippen LogP contribution is 2.39. The Kier molecular flexibility index (Phi) is 11.2. The van der Waals surface area contributed by atoms with Gasteiger partial charge in [-0.25, -0.2) is 9.48 Å². The first-order valence-electron chi connectivity index (χ1n) is 17.9. The van der Waals surface area contributed by atoms with E-state index in [4.69, 9.17) is 29.6 Å². The summed E-state index contributed by atoms with van der Waals surface area (Å²) >= 11 is 0. The van der Waals surface area contributed by atoms with Gasteiger partial charge in [0.15, 0.2) is 0 Å². The first-order valence-corrected chi connectivity index (χ1v) is 19.7.